The van der Waals surface area contributed by atoms with E-state index < -0.39 is 0 Å². The molecule has 29 heavy (non-hydrogen) atoms. The average Bonchev–Trinajstić information content (AvgIpc) is 3.23. The van der Waals surface area contributed by atoms with Gasteiger partial charge in [0.15, 0.2) is 5.17 Å². The summed E-state index contributed by atoms with van der Waals surface area (Å²) < 4.78 is 0. The zero-order valence-electron chi connectivity index (χ0n) is 16.8. The molecule has 0 unspecified atom stereocenters. The third kappa shape index (κ3) is 6.05. The average molecular weight is 428 g/mol. The van der Waals surface area contributed by atoms with Crippen molar-refractivity contribution in [2.45, 2.75) is 27.3 Å². The Kier molecular flexibility index (Phi) is 7.28. The van der Waals surface area contributed by atoms with Gasteiger partial charge >= 0.3 is 0 Å². The van der Waals surface area contributed by atoms with Crippen molar-refractivity contribution in [3.8, 4) is 0 Å². The van der Waals surface area contributed by atoms with Crippen LogP contribution in [0.3, 0.4) is 0 Å². The Morgan fingerprint density at radius 3 is 2.66 bits per heavy atom. The largest absolute Gasteiger partial charge is 0.351 e. The molecule has 152 valence electrons. The molecule has 5 nitrogen and oxygen atoms in total. The van der Waals surface area contributed by atoms with Gasteiger partial charge < -0.3 is 5.32 Å². The summed E-state index contributed by atoms with van der Waals surface area (Å²) in [6.45, 7) is 7.23. The number of nitrogens with zero attached hydrogens (tertiary/aromatic N) is 2. The highest BCUT2D eigenvalue weighted by atomic mass is 32.2. The molecule has 0 bridgehead atoms. The van der Waals surface area contributed by atoms with Crippen LogP contribution >= 0.6 is 23.1 Å². The number of thioether (sulfide) groups is 1. The Morgan fingerprint density at radius 2 is 2.00 bits per heavy atom. The van der Waals surface area contributed by atoms with Gasteiger partial charge in [-0.2, -0.15) is 0 Å². The van der Waals surface area contributed by atoms with E-state index in [1.165, 1.54) is 16.6 Å². The Hall–Kier alpha value is -2.38. The normalized spacial score (nSPS) is 15.3. The molecule has 0 spiro atoms. The lowest BCUT2D eigenvalue weighted by molar-refractivity contribution is -0.123. The Balaban J connectivity index is 1.65. The molecule has 1 aromatic carbocycles. The first-order chi connectivity index (χ1) is 13.9. The van der Waals surface area contributed by atoms with E-state index in [1.54, 1.807) is 16.2 Å². The molecule has 0 atom stereocenters. The predicted molar refractivity (Wildman–Crippen MR) is 122 cm³/mol. The number of rotatable bonds is 7. The van der Waals surface area contributed by atoms with Crippen LogP contribution in [-0.2, 0) is 16.1 Å². The SMILES string of the molecule is Cc1ccc(C=C2N=C(SCC(=O)NCc3ccccc3)N(CC(C)C)C2=O)s1. The van der Waals surface area contributed by atoms with Gasteiger partial charge in [0.1, 0.15) is 5.70 Å². The number of hydrogen-bond donors (Lipinski definition) is 1. The summed E-state index contributed by atoms with van der Waals surface area (Å²) in [5.41, 5.74) is 1.48. The highest BCUT2D eigenvalue weighted by Crippen LogP contribution is 2.27. The van der Waals surface area contributed by atoms with Crippen LogP contribution in [-0.4, -0.2) is 34.2 Å². The third-order valence-electron chi connectivity index (χ3n) is 4.16. The molecule has 2 heterocycles. The highest BCUT2D eigenvalue weighted by Gasteiger charge is 2.31. The monoisotopic (exact) mass is 427 g/mol. The van der Waals surface area contributed by atoms with Crippen LogP contribution in [0, 0.1) is 12.8 Å². The standard InChI is InChI=1S/C22H25N3O2S2/c1-15(2)13-25-21(27)19(11-18-10-9-16(3)29-18)24-22(25)28-14-20(26)23-12-17-7-5-4-6-8-17/h4-11,15H,12-14H2,1-3H3,(H,23,26). The van der Waals surface area contributed by atoms with Gasteiger partial charge in [-0.1, -0.05) is 55.9 Å². The fourth-order valence-electron chi connectivity index (χ4n) is 2.81. The van der Waals surface area contributed by atoms with Crippen LogP contribution in [0.15, 0.2) is 53.2 Å². The molecule has 0 fully saturated rings. The van der Waals surface area contributed by atoms with E-state index in [9.17, 15) is 9.59 Å². The maximum atomic E-state index is 12.9. The van der Waals surface area contributed by atoms with Crippen molar-refractivity contribution in [1.29, 1.82) is 0 Å². The summed E-state index contributed by atoms with van der Waals surface area (Å²) in [6.07, 6.45) is 1.83. The van der Waals surface area contributed by atoms with Gasteiger partial charge in [-0.05, 0) is 36.6 Å². The van der Waals surface area contributed by atoms with E-state index in [0.717, 1.165) is 10.4 Å². The minimum absolute atomic E-state index is 0.0789. The lowest BCUT2D eigenvalue weighted by Crippen LogP contribution is -2.35. The molecule has 0 aliphatic carbocycles. The fourth-order valence-corrected chi connectivity index (χ4v) is 4.46. The zero-order valence-corrected chi connectivity index (χ0v) is 18.5. The maximum Gasteiger partial charge on any atom is 0.278 e. The lowest BCUT2D eigenvalue weighted by Gasteiger charge is -2.19. The summed E-state index contributed by atoms with van der Waals surface area (Å²) in [5.74, 6) is 0.348. The molecule has 0 saturated heterocycles. The molecule has 2 amide bonds. The lowest BCUT2D eigenvalue weighted by atomic mass is 10.2. The number of amides is 2. The van der Waals surface area contributed by atoms with E-state index in [1.807, 2.05) is 55.5 Å². The Morgan fingerprint density at radius 1 is 1.24 bits per heavy atom. The highest BCUT2D eigenvalue weighted by molar-refractivity contribution is 8.14. The fraction of sp³-hybridized carbons (Fsp3) is 0.318. The van der Waals surface area contributed by atoms with Crippen LogP contribution in [0.5, 0.6) is 0 Å². The molecule has 7 heteroatoms. The minimum atomic E-state index is -0.100. The van der Waals surface area contributed by atoms with Crippen LogP contribution in [0.2, 0.25) is 0 Å². The van der Waals surface area contributed by atoms with Crippen LogP contribution in [0.1, 0.15) is 29.2 Å². The van der Waals surface area contributed by atoms with Gasteiger partial charge in [0.05, 0.1) is 5.75 Å². The number of aliphatic imine (C=N–C) groups is 1. The number of thiophene rings is 1. The summed E-state index contributed by atoms with van der Waals surface area (Å²) in [6, 6.07) is 13.8. The van der Waals surface area contributed by atoms with Crippen LogP contribution in [0.4, 0.5) is 0 Å². The van der Waals surface area contributed by atoms with Crippen molar-refractivity contribution in [2.24, 2.45) is 10.9 Å². The van der Waals surface area contributed by atoms with Gasteiger partial charge in [0, 0.05) is 22.8 Å². The third-order valence-corrected chi connectivity index (χ3v) is 6.09. The quantitative estimate of drug-likeness (QED) is 0.670. The summed E-state index contributed by atoms with van der Waals surface area (Å²) in [4.78, 5) is 33.5. The number of carbonyl (C=O) groups is 2. The van der Waals surface area contributed by atoms with Gasteiger partial charge in [-0.3, -0.25) is 14.5 Å². The number of carbonyl (C=O) groups excluding carboxylic acids is 2. The maximum absolute atomic E-state index is 12.9. The number of amidine groups is 1. The molecule has 2 aromatic rings. The Bertz CT molecular complexity index is 933. The second-order valence-corrected chi connectivity index (χ2v) is 9.49. The van der Waals surface area contributed by atoms with Crippen LogP contribution < -0.4 is 5.32 Å². The molecule has 1 aliphatic heterocycles. The molecule has 3 rings (SSSR count). The molecule has 1 aromatic heterocycles. The topological polar surface area (TPSA) is 61.8 Å². The first-order valence-electron chi connectivity index (χ1n) is 9.54. The molecular weight excluding hydrogens is 402 g/mol. The zero-order chi connectivity index (χ0) is 20.8. The summed E-state index contributed by atoms with van der Waals surface area (Å²) in [5, 5.41) is 3.51. The molecular formula is C22H25N3O2S2. The van der Waals surface area contributed by atoms with Crippen molar-refractivity contribution in [1.82, 2.24) is 10.2 Å². The van der Waals surface area contributed by atoms with Crippen molar-refractivity contribution in [3.63, 3.8) is 0 Å². The van der Waals surface area contributed by atoms with E-state index >= 15 is 0 Å². The number of benzene rings is 1. The molecule has 0 radical (unpaired) electrons. The smallest absolute Gasteiger partial charge is 0.278 e. The van der Waals surface area contributed by atoms with Crippen molar-refractivity contribution in [2.75, 3.05) is 12.3 Å². The first kappa shape index (κ1) is 21.3. The van der Waals surface area contributed by atoms with E-state index in [0.29, 0.717) is 29.9 Å². The van der Waals surface area contributed by atoms with Crippen molar-refractivity contribution in [3.05, 3.63) is 63.5 Å². The molecule has 1 N–H and O–H groups in total. The Labute approximate surface area is 179 Å². The van der Waals surface area contributed by atoms with Gasteiger partial charge in [0.25, 0.3) is 5.91 Å². The second-order valence-electron chi connectivity index (χ2n) is 7.23. The summed E-state index contributed by atoms with van der Waals surface area (Å²) >= 11 is 2.93. The minimum Gasteiger partial charge on any atom is -0.351 e. The number of hydrogen-bond acceptors (Lipinski definition) is 5. The molecule has 1 aliphatic rings. The van der Waals surface area contributed by atoms with Crippen LogP contribution in [0.25, 0.3) is 6.08 Å². The number of aryl methyl sites for hydroxylation is 1. The first-order valence-corrected chi connectivity index (χ1v) is 11.3. The second kappa shape index (κ2) is 9.89. The summed E-state index contributed by atoms with van der Waals surface area (Å²) in [7, 11) is 0. The number of nitrogens with one attached hydrogen (secondary N) is 1. The van der Waals surface area contributed by atoms with E-state index in [2.05, 4.69) is 24.2 Å². The molecule has 0 saturated carbocycles. The van der Waals surface area contributed by atoms with E-state index in [4.69, 9.17) is 0 Å². The van der Waals surface area contributed by atoms with E-state index in [-0.39, 0.29) is 17.6 Å². The van der Waals surface area contributed by atoms with Gasteiger partial charge in [0.2, 0.25) is 5.91 Å². The predicted octanol–water partition coefficient (Wildman–Crippen LogP) is 4.30. The van der Waals surface area contributed by atoms with Crippen molar-refractivity contribution < 1.29 is 9.59 Å². The van der Waals surface area contributed by atoms with Crippen molar-refractivity contribution >= 4 is 46.2 Å². The van der Waals surface area contributed by atoms with Gasteiger partial charge in [-0.25, -0.2) is 4.99 Å². The van der Waals surface area contributed by atoms with Gasteiger partial charge in [-0.15, -0.1) is 11.3 Å².